The van der Waals surface area contributed by atoms with Gasteiger partial charge in [0.05, 0.1) is 6.10 Å². The predicted octanol–water partition coefficient (Wildman–Crippen LogP) is 4.41. The van der Waals surface area contributed by atoms with E-state index in [9.17, 15) is 5.11 Å². The van der Waals surface area contributed by atoms with Crippen LogP contribution in [0, 0.1) is 11.8 Å². The lowest BCUT2D eigenvalue weighted by atomic mass is 9.94. The molecule has 0 aliphatic carbocycles. The SMILES string of the molecule is CC(C)CCC[C@@H](C)C[C@H](O)C[C@@H](C)I. The third kappa shape index (κ3) is 11.0. The number of aliphatic hydroxyl groups is 1. The summed E-state index contributed by atoms with van der Waals surface area (Å²) in [6, 6.07) is 0. The topological polar surface area (TPSA) is 20.2 Å². The van der Waals surface area contributed by atoms with Crippen molar-refractivity contribution < 1.29 is 5.11 Å². The van der Waals surface area contributed by atoms with Crippen LogP contribution in [0.5, 0.6) is 0 Å². The quantitative estimate of drug-likeness (QED) is 0.517. The largest absolute Gasteiger partial charge is 0.393 e. The van der Waals surface area contributed by atoms with Crippen molar-refractivity contribution in [3.05, 3.63) is 0 Å². The molecule has 0 aliphatic rings. The first-order valence-corrected chi connectivity index (χ1v) is 7.48. The highest BCUT2D eigenvalue weighted by Crippen LogP contribution is 2.19. The van der Waals surface area contributed by atoms with Crippen LogP contribution in [-0.2, 0) is 0 Å². The Balaban J connectivity index is 3.50. The minimum Gasteiger partial charge on any atom is -0.393 e. The summed E-state index contributed by atoms with van der Waals surface area (Å²) in [5.74, 6) is 1.49. The molecule has 0 aromatic rings. The van der Waals surface area contributed by atoms with E-state index in [4.69, 9.17) is 0 Å². The highest BCUT2D eigenvalue weighted by molar-refractivity contribution is 14.1. The van der Waals surface area contributed by atoms with E-state index in [-0.39, 0.29) is 6.10 Å². The Morgan fingerprint density at radius 1 is 1.00 bits per heavy atom. The number of halogens is 1. The summed E-state index contributed by atoms with van der Waals surface area (Å²) in [6.45, 7) is 8.98. The van der Waals surface area contributed by atoms with Gasteiger partial charge >= 0.3 is 0 Å². The van der Waals surface area contributed by atoms with Gasteiger partial charge in [-0.1, -0.05) is 69.5 Å². The van der Waals surface area contributed by atoms with E-state index in [1.54, 1.807) is 0 Å². The van der Waals surface area contributed by atoms with E-state index in [2.05, 4.69) is 50.3 Å². The molecule has 0 saturated heterocycles. The van der Waals surface area contributed by atoms with Crippen LogP contribution in [0.3, 0.4) is 0 Å². The maximum atomic E-state index is 9.79. The molecular formula is C13H27IO. The van der Waals surface area contributed by atoms with E-state index in [1.165, 1.54) is 19.3 Å². The minimum absolute atomic E-state index is 0.0917. The maximum Gasteiger partial charge on any atom is 0.0552 e. The van der Waals surface area contributed by atoms with Crippen LogP contribution in [0.1, 0.15) is 59.8 Å². The first-order valence-electron chi connectivity index (χ1n) is 6.24. The van der Waals surface area contributed by atoms with Gasteiger partial charge in [-0.3, -0.25) is 0 Å². The van der Waals surface area contributed by atoms with Gasteiger partial charge in [0.1, 0.15) is 0 Å². The molecule has 0 radical (unpaired) electrons. The molecule has 0 spiro atoms. The molecular weight excluding hydrogens is 299 g/mol. The molecule has 1 nitrogen and oxygen atoms in total. The summed E-state index contributed by atoms with van der Waals surface area (Å²) in [7, 11) is 0. The molecule has 0 aromatic carbocycles. The molecule has 3 atom stereocenters. The maximum absolute atomic E-state index is 9.79. The summed E-state index contributed by atoms with van der Waals surface area (Å²) in [5.41, 5.74) is 0. The zero-order chi connectivity index (χ0) is 11.8. The first-order chi connectivity index (χ1) is 6.91. The normalized spacial score (nSPS) is 17.8. The first kappa shape index (κ1) is 15.7. The van der Waals surface area contributed by atoms with E-state index < -0.39 is 0 Å². The monoisotopic (exact) mass is 326 g/mol. The van der Waals surface area contributed by atoms with Crippen LogP contribution in [-0.4, -0.2) is 15.1 Å². The van der Waals surface area contributed by atoms with Gasteiger partial charge in [-0.2, -0.15) is 0 Å². The molecule has 0 heterocycles. The molecule has 0 rings (SSSR count). The van der Waals surface area contributed by atoms with E-state index in [0.717, 1.165) is 18.8 Å². The highest BCUT2D eigenvalue weighted by atomic mass is 127. The third-order valence-electron chi connectivity index (χ3n) is 2.75. The predicted molar refractivity (Wildman–Crippen MR) is 76.6 cm³/mol. The average molecular weight is 326 g/mol. The molecule has 2 heteroatoms. The summed E-state index contributed by atoms with van der Waals surface area (Å²) >= 11 is 2.38. The van der Waals surface area contributed by atoms with Gasteiger partial charge < -0.3 is 5.11 Å². The molecule has 0 bridgehead atoms. The Bertz CT molecular complexity index is 145. The Hall–Kier alpha value is 0.690. The van der Waals surface area contributed by atoms with Crippen molar-refractivity contribution in [2.45, 2.75) is 69.8 Å². The number of alkyl halides is 1. The van der Waals surface area contributed by atoms with Crippen LogP contribution in [0.2, 0.25) is 0 Å². The second-order valence-corrected chi connectivity index (χ2v) is 7.46. The van der Waals surface area contributed by atoms with Crippen molar-refractivity contribution >= 4 is 22.6 Å². The van der Waals surface area contributed by atoms with Gasteiger partial charge in [-0.05, 0) is 24.7 Å². The number of hydrogen-bond donors (Lipinski definition) is 1. The van der Waals surface area contributed by atoms with Crippen molar-refractivity contribution in [1.82, 2.24) is 0 Å². The van der Waals surface area contributed by atoms with Gasteiger partial charge in [0.25, 0.3) is 0 Å². The molecule has 0 amide bonds. The fourth-order valence-electron chi connectivity index (χ4n) is 1.93. The number of rotatable bonds is 8. The van der Waals surface area contributed by atoms with E-state index in [1.807, 2.05) is 0 Å². The van der Waals surface area contributed by atoms with Crippen molar-refractivity contribution in [2.24, 2.45) is 11.8 Å². The number of hydrogen-bond acceptors (Lipinski definition) is 1. The highest BCUT2D eigenvalue weighted by Gasteiger charge is 2.12. The minimum atomic E-state index is -0.0917. The van der Waals surface area contributed by atoms with E-state index in [0.29, 0.717) is 9.84 Å². The van der Waals surface area contributed by atoms with Gasteiger partial charge in [0, 0.05) is 3.92 Å². The lowest BCUT2D eigenvalue weighted by Crippen LogP contribution is -2.15. The molecule has 92 valence electrons. The average Bonchev–Trinajstić information content (AvgIpc) is 2.00. The van der Waals surface area contributed by atoms with Crippen LogP contribution < -0.4 is 0 Å². The molecule has 1 N–H and O–H groups in total. The molecule has 0 aliphatic heterocycles. The smallest absolute Gasteiger partial charge is 0.0552 e. The third-order valence-corrected chi connectivity index (χ3v) is 3.26. The molecule has 0 aromatic heterocycles. The van der Waals surface area contributed by atoms with Crippen molar-refractivity contribution in [2.75, 3.05) is 0 Å². The lowest BCUT2D eigenvalue weighted by Gasteiger charge is -2.17. The zero-order valence-corrected chi connectivity index (χ0v) is 12.8. The van der Waals surface area contributed by atoms with Gasteiger partial charge in [0.15, 0.2) is 0 Å². The zero-order valence-electron chi connectivity index (χ0n) is 10.7. The second kappa shape index (κ2) is 8.80. The Labute approximate surface area is 109 Å². The summed E-state index contributed by atoms with van der Waals surface area (Å²) in [5, 5.41) is 9.79. The summed E-state index contributed by atoms with van der Waals surface area (Å²) in [6.07, 6.45) is 5.73. The fourth-order valence-corrected chi connectivity index (χ4v) is 2.52. The van der Waals surface area contributed by atoms with Crippen LogP contribution in [0.15, 0.2) is 0 Å². The van der Waals surface area contributed by atoms with Crippen LogP contribution >= 0.6 is 22.6 Å². The second-order valence-electron chi connectivity index (χ2n) is 5.34. The summed E-state index contributed by atoms with van der Waals surface area (Å²) in [4.78, 5) is 0. The Kier molecular flexibility index (Phi) is 9.20. The Morgan fingerprint density at radius 3 is 2.07 bits per heavy atom. The van der Waals surface area contributed by atoms with Crippen LogP contribution in [0.25, 0.3) is 0 Å². The molecule has 0 fully saturated rings. The molecule has 0 unspecified atom stereocenters. The molecule has 0 saturated carbocycles. The number of aliphatic hydroxyl groups excluding tert-OH is 1. The van der Waals surface area contributed by atoms with Gasteiger partial charge in [-0.25, -0.2) is 0 Å². The van der Waals surface area contributed by atoms with Gasteiger partial charge in [0.2, 0.25) is 0 Å². The van der Waals surface area contributed by atoms with Crippen molar-refractivity contribution in [1.29, 1.82) is 0 Å². The molecule has 15 heavy (non-hydrogen) atoms. The van der Waals surface area contributed by atoms with Crippen molar-refractivity contribution in [3.63, 3.8) is 0 Å². The lowest BCUT2D eigenvalue weighted by molar-refractivity contribution is 0.135. The fraction of sp³-hybridized carbons (Fsp3) is 1.00. The van der Waals surface area contributed by atoms with Gasteiger partial charge in [-0.15, -0.1) is 0 Å². The van der Waals surface area contributed by atoms with E-state index >= 15 is 0 Å². The summed E-state index contributed by atoms with van der Waals surface area (Å²) < 4.78 is 0.584. The Morgan fingerprint density at radius 2 is 1.60 bits per heavy atom. The van der Waals surface area contributed by atoms with Crippen molar-refractivity contribution in [3.8, 4) is 0 Å². The van der Waals surface area contributed by atoms with Crippen LogP contribution in [0.4, 0.5) is 0 Å². The standard InChI is InChI=1S/C13H27IO/c1-10(2)6-5-7-11(3)8-13(15)9-12(4)14/h10-13,15H,5-9H2,1-4H3/t11-,12-,13+/m1/s1.